The number of nitrogens with one attached hydrogen (secondary N) is 2. The van der Waals surface area contributed by atoms with Crippen LogP contribution in [0.15, 0.2) is 17.1 Å². The Balaban J connectivity index is 2.11. The van der Waals surface area contributed by atoms with Crippen molar-refractivity contribution in [3.8, 4) is 0 Å². The summed E-state index contributed by atoms with van der Waals surface area (Å²) in [6.45, 7) is 0. The smallest absolute Gasteiger partial charge is 0.306 e. The fraction of sp³-hybridized carbons (Fsp3) is 0.417. The van der Waals surface area contributed by atoms with Crippen molar-refractivity contribution in [3.63, 3.8) is 0 Å². The molecule has 21 heavy (non-hydrogen) atoms. The highest BCUT2D eigenvalue weighted by Crippen LogP contribution is 2.25. The highest BCUT2D eigenvalue weighted by Gasteiger charge is 2.31. The normalized spacial score (nSPS) is 21.0. The Morgan fingerprint density at radius 2 is 2.14 bits per heavy atom. The van der Waals surface area contributed by atoms with E-state index in [1.54, 1.807) is 0 Å². The number of carbonyl (C=O) groups is 2. The number of carboxylic acid groups (broad SMARTS) is 1. The van der Waals surface area contributed by atoms with Crippen molar-refractivity contribution in [1.29, 1.82) is 0 Å². The molecule has 1 fully saturated rings. The van der Waals surface area contributed by atoms with Crippen LogP contribution in [0.25, 0.3) is 0 Å². The average Bonchev–Trinajstić information content (AvgIpc) is 2.87. The Bertz CT molecular complexity index is 653. The number of carboxylic acids is 1. The fourth-order valence-corrected chi connectivity index (χ4v) is 2.35. The molecule has 1 aliphatic carbocycles. The van der Waals surface area contributed by atoms with Gasteiger partial charge in [-0.2, -0.15) is 0 Å². The van der Waals surface area contributed by atoms with Crippen LogP contribution in [0, 0.1) is 16.0 Å². The number of aromatic amines is 1. The van der Waals surface area contributed by atoms with Gasteiger partial charge < -0.3 is 15.4 Å². The van der Waals surface area contributed by atoms with Gasteiger partial charge in [-0.15, -0.1) is 0 Å². The van der Waals surface area contributed by atoms with Crippen LogP contribution in [0.4, 0.5) is 5.69 Å². The van der Waals surface area contributed by atoms with Gasteiger partial charge in [0, 0.05) is 12.1 Å². The van der Waals surface area contributed by atoms with Crippen LogP contribution in [0.3, 0.4) is 0 Å². The molecule has 2 atom stereocenters. The number of amides is 1. The molecule has 1 heterocycles. The number of hydrogen-bond acceptors (Lipinski definition) is 5. The highest BCUT2D eigenvalue weighted by atomic mass is 16.6. The summed E-state index contributed by atoms with van der Waals surface area (Å²) in [5.41, 5.74) is -1.48. The van der Waals surface area contributed by atoms with E-state index in [0.29, 0.717) is 12.8 Å². The van der Waals surface area contributed by atoms with E-state index in [1.807, 2.05) is 0 Å². The maximum atomic E-state index is 12.0. The van der Waals surface area contributed by atoms with E-state index in [0.717, 1.165) is 12.3 Å². The van der Waals surface area contributed by atoms with Gasteiger partial charge in [-0.25, -0.2) is 0 Å². The van der Waals surface area contributed by atoms with Crippen molar-refractivity contribution in [3.05, 3.63) is 38.3 Å². The first-order chi connectivity index (χ1) is 9.88. The molecule has 1 aromatic rings. The van der Waals surface area contributed by atoms with Crippen molar-refractivity contribution < 1.29 is 19.6 Å². The summed E-state index contributed by atoms with van der Waals surface area (Å²) < 4.78 is 0. The van der Waals surface area contributed by atoms with Crippen molar-refractivity contribution in [1.82, 2.24) is 10.3 Å². The molecule has 0 bridgehead atoms. The molecular weight excluding hydrogens is 282 g/mol. The second kappa shape index (κ2) is 5.73. The van der Waals surface area contributed by atoms with Crippen LogP contribution >= 0.6 is 0 Å². The summed E-state index contributed by atoms with van der Waals surface area (Å²) in [5, 5.41) is 22.1. The Hall–Kier alpha value is -2.71. The molecule has 2 rings (SSSR count). The molecule has 1 aromatic heterocycles. The van der Waals surface area contributed by atoms with E-state index in [1.165, 1.54) is 0 Å². The maximum Gasteiger partial charge on any atom is 0.306 e. The Labute approximate surface area is 118 Å². The Kier molecular flexibility index (Phi) is 4.01. The lowest BCUT2D eigenvalue weighted by atomic mass is 10.1. The number of aromatic nitrogens is 1. The average molecular weight is 295 g/mol. The number of pyridine rings is 1. The van der Waals surface area contributed by atoms with Gasteiger partial charge in [-0.3, -0.25) is 24.5 Å². The molecule has 1 saturated carbocycles. The summed E-state index contributed by atoms with van der Waals surface area (Å²) in [7, 11) is 0. The molecule has 112 valence electrons. The minimum atomic E-state index is -0.917. The van der Waals surface area contributed by atoms with Crippen LogP contribution in [0.5, 0.6) is 0 Å². The second-order valence-electron chi connectivity index (χ2n) is 4.88. The number of nitro groups is 1. The molecule has 0 saturated heterocycles. The van der Waals surface area contributed by atoms with Crippen LogP contribution < -0.4 is 10.9 Å². The predicted octanol–water partition coefficient (Wildman–Crippen LogP) is 0.266. The minimum Gasteiger partial charge on any atom is -0.481 e. The van der Waals surface area contributed by atoms with E-state index in [2.05, 4.69) is 10.3 Å². The monoisotopic (exact) mass is 295 g/mol. The number of H-pyrrole nitrogens is 1. The van der Waals surface area contributed by atoms with Gasteiger partial charge in [-0.05, 0) is 19.3 Å². The molecule has 1 amide bonds. The molecule has 9 heteroatoms. The van der Waals surface area contributed by atoms with Crippen LogP contribution in [0.2, 0.25) is 0 Å². The van der Waals surface area contributed by atoms with E-state index in [-0.39, 0.29) is 18.0 Å². The Morgan fingerprint density at radius 1 is 1.43 bits per heavy atom. The highest BCUT2D eigenvalue weighted by molar-refractivity contribution is 5.94. The number of carbonyl (C=O) groups excluding carboxylic acids is 1. The third-order valence-corrected chi connectivity index (χ3v) is 3.46. The minimum absolute atomic E-state index is 0.286. The first-order valence-electron chi connectivity index (χ1n) is 6.29. The second-order valence-corrected chi connectivity index (χ2v) is 4.88. The first kappa shape index (κ1) is 14.7. The fourth-order valence-electron chi connectivity index (χ4n) is 2.35. The summed E-state index contributed by atoms with van der Waals surface area (Å²) in [4.78, 5) is 46.4. The maximum absolute atomic E-state index is 12.0. The quantitative estimate of drug-likeness (QED) is 0.537. The topological polar surface area (TPSA) is 142 Å². The van der Waals surface area contributed by atoms with Gasteiger partial charge in [0.25, 0.3) is 17.2 Å². The van der Waals surface area contributed by atoms with E-state index >= 15 is 0 Å². The van der Waals surface area contributed by atoms with Gasteiger partial charge in [0.15, 0.2) is 0 Å². The molecule has 0 spiro atoms. The van der Waals surface area contributed by atoms with Crippen molar-refractivity contribution >= 4 is 17.6 Å². The van der Waals surface area contributed by atoms with Crippen molar-refractivity contribution in [2.75, 3.05) is 0 Å². The zero-order chi connectivity index (χ0) is 15.6. The zero-order valence-electron chi connectivity index (χ0n) is 10.9. The summed E-state index contributed by atoms with van der Waals surface area (Å²) in [6, 6.07) is 0.551. The third-order valence-electron chi connectivity index (χ3n) is 3.46. The third kappa shape index (κ3) is 3.25. The van der Waals surface area contributed by atoms with Gasteiger partial charge in [0.05, 0.1) is 17.0 Å². The number of hydrogen-bond donors (Lipinski definition) is 3. The molecule has 0 aromatic carbocycles. The SMILES string of the molecule is O=C(NC1CCC(C(=O)O)C1)c1cc([N+](=O)[O-])c[nH]c1=O. The van der Waals surface area contributed by atoms with Crippen LogP contribution in [-0.2, 0) is 4.79 Å². The van der Waals surface area contributed by atoms with Gasteiger partial charge >= 0.3 is 5.97 Å². The predicted molar refractivity (Wildman–Crippen MR) is 69.9 cm³/mol. The van der Waals surface area contributed by atoms with Crippen molar-refractivity contribution in [2.24, 2.45) is 5.92 Å². The largest absolute Gasteiger partial charge is 0.481 e. The van der Waals surface area contributed by atoms with Crippen LogP contribution in [-0.4, -0.2) is 32.9 Å². The molecule has 0 aliphatic heterocycles. The lowest BCUT2D eigenvalue weighted by Gasteiger charge is -2.11. The number of nitrogens with zero attached hydrogens (tertiary/aromatic N) is 1. The van der Waals surface area contributed by atoms with Crippen LogP contribution in [0.1, 0.15) is 29.6 Å². The number of rotatable bonds is 4. The van der Waals surface area contributed by atoms with Crippen molar-refractivity contribution in [2.45, 2.75) is 25.3 Å². The molecule has 2 unspecified atom stereocenters. The summed E-state index contributed by atoms with van der Waals surface area (Å²) in [6.07, 6.45) is 2.14. The van der Waals surface area contributed by atoms with E-state index < -0.39 is 34.0 Å². The Morgan fingerprint density at radius 3 is 2.71 bits per heavy atom. The molecule has 1 aliphatic rings. The molecule has 0 radical (unpaired) electrons. The lowest BCUT2D eigenvalue weighted by molar-refractivity contribution is -0.385. The zero-order valence-corrected chi connectivity index (χ0v) is 10.9. The number of aliphatic carboxylic acids is 1. The molecular formula is C12H13N3O6. The summed E-state index contributed by atoms with van der Waals surface area (Å²) in [5.74, 6) is -2.17. The van der Waals surface area contributed by atoms with Gasteiger partial charge in [0.2, 0.25) is 0 Å². The van der Waals surface area contributed by atoms with E-state index in [4.69, 9.17) is 5.11 Å². The first-order valence-corrected chi connectivity index (χ1v) is 6.29. The van der Waals surface area contributed by atoms with E-state index in [9.17, 15) is 24.5 Å². The van der Waals surface area contributed by atoms with Gasteiger partial charge in [0.1, 0.15) is 5.56 Å². The lowest BCUT2D eigenvalue weighted by Crippen LogP contribution is -2.36. The molecule has 3 N–H and O–H groups in total. The summed E-state index contributed by atoms with van der Waals surface area (Å²) >= 11 is 0. The standard InChI is InChI=1S/C12H13N3O6/c16-10-9(4-8(5-13-10)15(20)21)11(17)14-7-2-1-6(3-7)12(18)19/h4-7H,1-3H2,(H,13,16)(H,14,17)(H,18,19). The molecule has 9 nitrogen and oxygen atoms in total. The van der Waals surface area contributed by atoms with Gasteiger partial charge in [-0.1, -0.05) is 0 Å².